The van der Waals surface area contributed by atoms with Gasteiger partial charge in [0.1, 0.15) is 5.82 Å². The molecular weight excluding hydrogens is 286 g/mol. The summed E-state index contributed by atoms with van der Waals surface area (Å²) in [6.07, 6.45) is 1.86. The smallest absolute Gasteiger partial charge is 0.163 e. The number of thioether (sulfide) groups is 1. The molecule has 4 rings (SSSR count). The predicted molar refractivity (Wildman–Crippen MR) is 84.5 cm³/mol. The van der Waals surface area contributed by atoms with Gasteiger partial charge < -0.3 is 19.8 Å². The van der Waals surface area contributed by atoms with E-state index in [2.05, 4.69) is 10.3 Å². The Morgan fingerprint density at radius 3 is 2.90 bits per heavy atom. The fraction of sp³-hybridized carbons (Fsp3) is 0.533. The van der Waals surface area contributed by atoms with Crippen molar-refractivity contribution in [2.45, 2.75) is 18.9 Å². The number of aromatic nitrogens is 2. The molecule has 0 spiro atoms. The van der Waals surface area contributed by atoms with E-state index < -0.39 is 0 Å². The Labute approximate surface area is 127 Å². The van der Waals surface area contributed by atoms with Gasteiger partial charge in [0.05, 0.1) is 24.2 Å². The summed E-state index contributed by atoms with van der Waals surface area (Å²) in [5.74, 6) is 5.02. The minimum atomic E-state index is 0.509. The molecule has 5 nitrogen and oxygen atoms in total. The Morgan fingerprint density at radius 1 is 1.24 bits per heavy atom. The van der Waals surface area contributed by atoms with Gasteiger partial charge in [-0.05, 0) is 0 Å². The monoisotopic (exact) mass is 305 g/mol. The topological polar surface area (TPSA) is 59.2 Å². The summed E-state index contributed by atoms with van der Waals surface area (Å²) in [5.41, 5.74) is 1.98. The SMILES string of the molecule is c1c2c(cc3[nH]c(CC4CSCCN4)nc13)OCCCO2. The number of nitrogens with zero attached hydrogens (tertiary/aromatic N) is 1. The van der Waals surface area contributed by atoms with Crippen molar-refractivity contribution in [3.8, 4) is 11.5 Å². The van der Waals surface area contributed by atoms with E-state index in [9.17, 15) is 0 Å². The van der Waals surface area contributed by atoms with E-state index in [-0.39, 0.29) is 0 Å². The van der Waals surface area contributed by atoms with Crippen LogP contribution < -0.4 is 14.8 Å². The van der Waals surface area contributed by atoms with Gasteiger partial charge >= 0.3 is 0 Å². The molecule has 112 valence electrons. The Kier molecular flexibility index (Phi) is 3.65. The van der Waals surface area contributed by atoms with Crippen molar-refractivity contribution in [2.75, 3.05) is 31.3 Å². The maximum Gasteiger partial charge on any atom is 0.163 e. The van der Waals surface area contributed by atoms with Crippen LogP contribution in [0.5, 0.6) is 11.5 Å². The molecule has 0 amide bonds. The standard InChI is InChI=1S/C15H19N3O2S/c1-3-19-13-7-11-12(8-14(13)20-4-1)18-15(17-11)6-10-9-21-5-2-16-10/h7-8,10,16H,1-6,9H2,(H,17,18). The Morgan fingerprint density at radius 2 is 2.10 bits per heavy atom. The number of nitrogens with one attached hydrogen (secondary N) is 2. The Balaban J connectivity index is 1.60. The van der Waals surface area contributed by atoms with Crippen LogP contribution in [-0.2, 0) is 6.42 Å². The predicted octanol–water partition coefficient (Wildman–Crippen LogP) is 1.97. The second-order valence-corrected chi connectivity index (χ2v) is 6.63. The second-order valence-electron chi connectivity index (χ2n) is 5.48. The molecule has 2 aliphatic heterocycles. The van der Waals surface area contributed by atoms with E-state index >= 15 is 0 Å². The van der Waals surface area contributed by atoms with E-state index in [1.54, 1.807) is 0 Å². The highest BCUT2D eigenvalue weighted by molar-refractivity contribution is 7.99. The van der Waals surface area contributed by atoms with Crippen molar-refractivity contribution >= 4 is 22.8 Å². The van der Waals surface area contributed by atoms with Gasteiger partial charge in [0, 0.05) is 49.1 Å². The van der Waals surface area contributed by atoms with Gasteiger partial charge in [-0.1, -0.05) is 0 Å². The van der Waals surface area contributed by atoms with Crippen LogP contribution in [0.2, 0.25) is 0 Å². The number of fused-ring (bicyclic) bond motifs is 2. The lowest BCUT2D eigenvalue weighted by atomic mass is 10.2. The molecule has 1 atom stereocenters. The summed E-state index contributed by atoms with van der Waals surface area (Å²) in [6, 6.07) is 4.50. The third-order valence-electron chi connectivity index (χ3n) is 3.84. The van der Waals surface area contributed by atoms with Gasteiger partial charge in [0.15, 0.2) is 11.5 Å². The number of ether oxygens (including phenoxy) is 2. The van der Waals surface area contributed by atoms with Gasteiger partial charge in [-0.3, -0.25) is 0 Å². The number of H-pyrrole nitrogens is 1. The van der Waals surface area contributed by atoms with Gasteiger partial charge in [-0.15, -0.1) is 0 Å². The van der Waals surface area contributed by atoms with Crippen LogP contribution >= 0.6 is 11.8 Å². The molecule has 0 bridgehead atoms. The van der Waals surface area contributed by atoms with Gasteiger partial charge in [0.25, 0.3) is 0 Å². The molecule has 0 aliphatic carbocycles. The zero-order chi connectivity index (χ0) is 14.1. The molecule has 6 heteroatoms. The van der Waals surface area contributed by atoms with Crippen molar-refractivity contribution in [2.24, 2.45) is 0 Å². The highest BCUT2D eigenvalue weighted by Crippen LogP contribution is 2.33. The van der Waals surface area contributed by atoms with Crippen molar-refractivity contribution < 1.29 is 9.47 Å². The highest BCUT2D eigenvalue weighted by atomic mass is 32.2. The lowest BCUT2D eigenvalue weighted by Crippen LogP contribution is -2.39. The van der Waals surface area contributed by atoms with E-state index in [0.717, 1.165) is 53.5 Å². The average Bonchev–Trinajstić information content (AvgIpc) is 2.74. The van der Waals surface area contributed by atoms with E-state index in [4.69, 9.17) is 14.5 Å². The van der Waals surface area contributed by atoms with Gasteiger partial charge in [-0.2, -0.15) is 11.8 Å². The first-order valence-electron chi connectivity index (χ1n) is 7.48. The van der Waals surface area contributed by atoms with E-state index in [1.165, 1.54) is 5.75 Å². The number of rotatable bonds is 2. The Hall–Kier alpha value is -1.40. The summed E-state index contributed by atoms with van der Waals surface area (Å²) in [7, 11) is 0. The van der Waals surface area contributed by atoms with E-state index in [1.807, 2.05) is 23.9 Å². The van der Waals surface area contributed by atoms with Crippen LogP contribution in [0.15, 0.2) is 12.1 Å². The molecule has 1 aromatic heterocycles. The molecule has 2 aliphatic rings. The Bertz CT molecular complexity index is 594. The van der Waals surface area contributed by atoms with E-state index in [0.29, 0.717) is 19.3 Å². The minimum absolute atomic E-state index is 0.509. The third kappa shape index (κ3) is 2.82. The molecule has 2 N–H and O–H groups in total. The maximum absolute atomic E-state index is 5.73. The fourth-order valence-electron chi connectivity index (χ4n) is 2.80. The zero-order valence-corrected chi connectivity index (χ0v) is 12.7. The number of hydrogen-bond acceptors (Lipinski definition) is 5. The van der Waals surface area contributed by atoms with Crippen LogP contribution in [0.3, 0.4) is 0 Å². The van der Waals surface area contributed by atoms with Gasteiger partial charge in [0.2, 0.25) is 0 Å². The molecule has 2 aromatic rings. The normalized spacial score (nSPS) is 22.2. The van der Waals surface area contributed by atoms with Crippen molar-refractivity contribution in [1.82, 2.24) is 15.3 Å². The summed E-state index contributed by atoms with van der Waals surface area (Å²) < 4.78 is 11.4. The second kappa shape index (κ2) is 5.77. The first kappa shape index (κ1) is 13.3. The summed E-state index contributed by atoms with van der Waals surface area (Å²) in [4.78, 5) is 8.12. The first-order valence-corrected chi connectivity index (χ1v) is 8.63. The van der Waals surface area contributed by atoms with Crippen molar-refractivity contribution in [3.05, 3.63) is 18.0 Å². The average molecular weight is 305 g/mol. The van der Waals surface area contributed by atoms with Crippen LogP contribution in [0, 0.1) is 0 Å². The molecule has 1 unspecified atom stereocenters. The van der Waals surface area contributed by atoms with Crippen LogP contribution in [0.1, 0.15) is 12.2 Å². The number of aromatic amines is 1. The quantitative estimate of drug-likeness (QED) is 0.888. The molecule has 1 fully saturated rings. The van der Waals surface area contributed by atoms with Crippen molar-refractivity contribution in [1.29, 1.82) is 0 Å². The van der Waals surface area contributed by atoms with Crippen LogP contribution in [-0.4, -0.2) is 47.3 Å². The number of imidazole rings is 1. The summed E-state index contributed by atoms with van der Waals surface area (Å²) in [6.45, 7) is 2.51. The number of benzene rings is 1. The maximum atomic E-state index is 5.73. The molecule has 1 aromatic carbocycles. The number of hydrogen-bond donors (Lipinski definition) is 2. The molecule has 3 heterocycles. The van der Waals surface area contributed by atoms with Crippen LogP contribution in [0.25, 0.3) is 11.0 Å². The molecule has 21 heavy (non-hydrogen) atoms. The minimum Gasteiger partial charge on any atom is -0.489 e. The first-order chi connectivity index (χ1) is 10.4. The molecule has 0 radical (unpaired) electrons. The fourth-order valence-corrected chi connectivity index (χ4v) is 3.75. The molecule has 0 saturated carbocycles. The zero-order valence-electron chi connectivity index (χ0n) is 11.9. The highest BCUT2D eigenvalue weighted by Gasteiger charge is 2.17. The van der Waals surface area contributed by atoms with Gasteiger partial charge in [-0.25, -0.2) is 4.98 Å². The summed E-state index contributed by atoms with van der Waals surface area (Å²) >= 11 is 2.01. The lowest BCUT2D eigenvalue weighted by Gasteiger charge is -2.21. The largest absolute Gasteiger partial charge is 0.489 e. The summed E-state index contributed by atoms with van der Waals surface area (Å²) in [5, 5.41) is 3.55. The lowest BCUT2D eigenvalue weighted by molar-refractivity contribution is 0.297. The van der Waals surface area contributed by atoms with Crippen molar-refractivity contribution in [3.63, 3.8) is 0 Å². The molecule has 1 saturated heterocycles. The molecular formula is C15H19N3O2S. The third-order valence-corrected chi connectivity index (χ3v) is 4.97. The van der Waals surface area contributed by atoms with Crippen LogP contribution in [0.4, 0.5) is 0 Å².